The minimum atomic E-state index is -0.747. The number of carbonyl (C=O) groups is 2. The minimum Gasteiger partial charge on any atom is -0.416 e. The molecule has 0 heterocycles. The van der Waals surface area contributed by atoms with Crippen molar-refractivity contribution < 1.29 is 14.0 Å². The van der Waals surface area contributed by atoms with Crippen LogP contribution >= 0.6 is 0 Å². The van der Waals surface area contributed by atoms with Crippen LogP contribution in [-0.2, 0) is 15.6 Å². The fourth-order valence-corrected chi connectivity index (χ4v) is 3.73. The van der Waals surface area contributed by atoms with E-state index in [2.05, 4.69) is 46.9 Å². The zero-order valence-electron chi connectivity index (χ0n) is 16.7. The van der Waals surface area contributed by atoms with E-state index in [0.717, 1.165) is 24.7 Å². The van der Waals surface area contributed by atoms with E-state index in [1.165, 1.54) is 0 Å². The van der Waals surface area contributed by atoms with Gasteiger partial charge in [-0.25, -0.2) is 0 Å². The van der Waals surface area contributed by atoms with Gasteiger partial charge in [0.1, 0.15) is 6.29 Å². The summed E-state index contributed by atoms with van der Waals surface area (Å²) in [4.78, 5) is 22.6. The van der Waals surface area contributed by atoms with E-state index in [0.29, 0.717) is 5.56 Å². The molecule has 0 saturated heterocycles. The van der Waals surface area contributed by atoms with Gasteiger partial charge in [-0.1, -0.05) is 45.0 Å². The first kappa shape index (κ1) is 21.6. The van der Waals surface area contributed by atoms with E-state index in [9.17, 15) is 9.59 Å². The number of hydrogen-bond donors (Lipinski definition) is 1. The first-order chi connectivity index (χ1) is 11.4. The molecule has 25 heavy (non-hydrogen) atoms. The number of aldehydes is 1. The topological polar surface area (TPSA) is 55.4 Å². The molecule has 0 aliphatic heterocycles. The summed E-state index contributed by atoms with van der Waals surface area (Å²) in [6.45, 7) is 14.3. The molecule has 0 bridgehead atoms. The first-order valence-electron chi connectivity index (χ1n) is 8.85. The lowest BCUT2D eigenvalue weighted by Gasteiger charge is -2.46. The highest BCUT2D eigenvalue weighted by Gasteiger charge is 2.42. The Balaban J connectivity index is 2.91. The maximum atomic E-state index is 11.8. The van der Waals surface area contributed by atoms with Crippen LogP contribution in [0.25, 0.3) is 0 Å². The molecule has 0 aromatic heterocycles. The van der Waals surface area contributed by atoms with Crippen molar-refractivity contribution in [3.63, 3.8) is 0 Å². The van der Waals surface area contributed by atoms with Gasteiger partial charge in [0.2, 0.25) is 5.91 Å². The number of amides is 1. The van der Waals surface area contributed by atoms with Crippen molar-refractivity contribution in [2.75, 3.05) is 0 Å². The predicted octanol–water partition coefficient (Wildman–Crippen LogP) is 3.42. The van der Waals surface area contributed by atoms with Crippen molar-refractivity contribution in [3.05, 3.63) is 35.4 Å². The maximum Gasteiger partial charge on any atom is 0.217 e. The fourth-order valence-electron chi connectivity index (χ4n) is 2.62. The Morgan fingerprint density at radius 2 is 1.68 bits per heavy atom. The van der Waals surface area contributed by atoms with Crippen LogP contribution in [0.3, 0.4) is 0 Å². The quantitative estimate of drug-likeness (QED) is 0.569. The van der Waals surface area contributed by atoms with Gasteiger partial charge in [0.25, 0.3) is 0 Å². The van der Waals surface area contributed by atoms with Crippen LogP contribution < -0.4 is 5.32 Å². The lowest BCUT2D eigenvalue weighted by molar-refractivity contribution is -0.124. The summed E-state index contributed by atoms with van der Waals surface area (Å²) in [7, 11) is -0.747. The molecule has 1 aromatic carbocycles. The lowest BCUT2D eigenvalue weighted by atomic mass is 9.79. The highest BCUT2D eigenvalue weighted by Crippen LogP contribution is 2.33. The number of carbonyl (C=O) groups excluding carboxylic acids is 2. The Morgan fingerprint density at radius 1 is 1.12 bits per heavy atom. The highest BCUT2D eigenvalue weighted by molar-refractivity contribution is 6.31. The van der Waals surface area contributed by atoms with E-state index >= 15 is 0 Å². The molecule has 1 rings (SSSR count). The number of rotatable bonds is 8. The summed E-state index contributed by atoms with van der Waals surface area (Å²) in [5, 5.41) is 3.32. The zero-order chi connectivity index (χ0) is 19.3. The molecule has 0 saturated carbocycles. The van der Waals surface area contributed by atoms with Gasteiger partial charge < -0.3 is 9.74 Å². The zero-order valence-corrected chi connectivity index (χ0v) is 18.1. The Kier molecular flexibility index (Phi) is 7.14. The van der Waals surface area contributed by atoms with E-state index in [-0.39, 0.29) is 10.9 Å². The molecule has 0 aliphatic carbocycles. The molecule has 140 valence electrons. The minimum absolute atomic E-state index is 0.0482. The molecular formula is C20H33NO3Si. The van der Waals surface area contributed by atoms with E-state index in [1.807, 2.05) is 24.3 Å². The van der Waals surface area contributed by atoms with Gasteiger partial charge in [0, 0.05) is 12.5 Å². The second-order valence-electron chi connectivity index (χ2n) is 8.73. The van der Waals surface area contributed by atoms with Crippen LogP contribution in [0.2, 0.25) is 5.04 Å². The number of nitrogens with one attached hydrogen (secondary N) is 1. The molecule has 0 spiro atoms. The van der Waals surface area contributed by atoms with E-state index in [1.54, 1.807) is 6.92 Å². The van der Waals surface area contributed by atoms with Crippen LogP contribution in [0.5, 0.6) is 0 Å². The van der Waals surface area contributed by atoms with Gasteiger partial charge in [-0.3, -0.25) is 9.59 Å². The Hall–Kier alpha value is -1.46. The second-order valence-corrected chi connectivity index (χ2v) is 11.4. The van der Waals surface area contributed by atoms with Crippen molar-refractivity contribution in [2.45, 2.75) is 77.5 Å². The van der Waals surface area contributed by atoms with Crippen LogP contribution in [0.1, 0.15) is 70.8 Å². The molecule has 1 atom stereocenters. The monoisotopic (exact) mass is 363 g/mol. The average molecular weight is 364 g/mol. The second kappa shape index (κ2) is 8.28. The molecule has 1 N–H and O–H groups in total. The standard InChI is InChI=1S/C20H33NO3Si/c1-15(23)21-20(7,19(5,6)24-25-18(2,3)4)13-12-16-8-10-17(14-22)11-9-16/h8-11,14H,12-13,25H2,1-7H3,(H,21,23)/t20-/m1/s1. The van der Waals surface area contributed by atoms with Crippen LogP contribution in [0.15, 0.2) is 24.3 Å². The summed E-state index contributed by atoms with van der Waals surface area (Å²) in [5.74, 6) is -0.0482. The van der Waals surface area contributed by atoms with E-state index in [4.69, 9.17) is 4.43 Å². The predicted molar refractivity (Wildman–Crippen MR) is 106 cm³/mol. The third-order valence-electron chi connectivity index (χ3n) is 4.68. The third kappa shape index (κ3) is 6.75. The molecular weight excluding hydrogens is 330 g/mol. The van der Waals surface area contributed by atoms with Gasteiger partial charge in [-0.05, 0) is 44.2 Å². The molecule has 4 nitrogen and oxygen atoms in total. The fraction of sp³-hybridized carbons (Fsp3) is 0.600. The van der Waals surface area contributed by atoms with Crippen molar-refractivity contribution in [1.82, 2.24) is 5.32 Å². The largest absolute Gasteiger partial charge is 0.416 e. The molecule has 0 aliphatic rings. The first-order valence-corrected chi connectivity index (χ1v) is 10.1. The number of aryl methyl sites for hydroxylation is 1. The van der Waals surface area contributed by atoms with Gasteiger partial charge in [-0.2, -0.15) is 0 Å². The molecule has 1 amide bonds. The van der Waals surface area contributed by atoms with E-state index < -0.39 is 20.9 Å². The molecule has 5 heteroatoms. The van der Waals surface area contributed by atoms with Gasteiger partial charge in [-0.15, -0.1) is 0 Å². The molecule has 0 radical (unpaired) electrons. The molecule has 0 unspecified atom stereocenters. The maximum absolute atomic E-state index is 11.8. The lowest BCUT2D eigenvalue weighted by Crippen LogP contribution is -2.61. The molecule has 1 aromatic rings. The van der Waals surface area contributed by atoms with Crippen molar-refractivity contribution in [1.29, 1.82) is 0 Å². The van der Waals surface area contributed by atoms with Gasteiger partial charge in [0.05, 0.1) is 11.1 Å². The van der Waals surface area contributed by atoms with Crippen molar-refractivity contribution >= 4 is 22.0 Å². The van der Waals surface area contributed by atoms with Crippen LogP contribution in [-0.4, -0.2) is 33.1 Å². The summed E-state index contributed by atoms with van der Waals surface area (Å²) in [6.07, 6.45) is 2.41. The van der Waals surface area contributed by atoms with Gasteiger partial charge in [0.15, 0.2) is 9.76 Å². The Morgan fingerprint density at radius 3 is 2.12 bits per heavy atom. The average Bonchev–Trinajstić information content (AvgIpc) is 2.50. The summed E-state index contributed by atoms with van der Waals surface area (Å²) >= 11 is 0. The summed E-state index contributed by atoms with van der Waals surface area (Å²) in [5.41, 5.74) is 0.890. The Labute approximate surface area is 154 Å². The van der Waals surface area contributed by atoms with Crippen molar-refractivity contribution in [3.8, 4) is 0 Å². The highest BCUT2D eigenvalue weighted by atomic mass is 28.2. The smallest absolute Gasteiger partial charge is 0.217 e. The molecule has 0 fully saturated rings. The summed E-state index contributed by atoms with van der Waals surface area (Å²) < 4.78 is 6.36. The Bertz CT molecular complexity index is 590. The van der Waals surface area contributed by atoms with Crippen LogP contribution in [0, 0.1) is 0 Å². The number of hydrogen-bond acceptors (Lipinski definition) is 3. The van der Waals surface area contributed by atoms with Crippen molar-refractivity contribution in [2.24, 2.45) is 0 Å². The van der Waals surface area contributed by atoms with Gasteiger partial charge >= 0.3 is 0 Å². The SMILES string of the molecule is CC(=O)N[C@](C)(CCc1ccc(C=O)cc1)C(C)(C)O[SiH2]C(C)(C)C. The van der Waals surface area contributed by atoms with Crippen LogP contribution in [0.4, 0.5) is 0 Å². The third-order valence-corrected chi connectivity index (χ3v) is 6.41. The summed E-state index contributed by atoms with van der Waals surface area (Å²) in [6, 6.07) is 7.59. The normalized spacial score (nSPS) is 15.2. The number of benzene rings is 1.